The van der Waals surface area contributed by atoms with Gasteiger partial charge in [0.15, 0.2) is 0 Å². The summed E-state index contributed by atoms with van der Waals surface area (Å²) in [5, 5.41) is 13.2. The van der Waals surface area contributed by atoms with Crippen LogP contribution < -0.4 is 0 Å². The van der Waals surface area contributed by atoms with E-state index in [9.17, 15) is 5.11 Å². The molecule has 1 aromatic rings. The van der Waals surface area contributed by atoms with Gasteiger partial charge in [-0.25, -0.2) is 4.98 Å². The zero-order chi connectivity index (χ0) is 12.0. The van der Waals surface area contributed by atoms with Crippen molar-refractivity contribution < 1.29 is 9.84 Å². The molecule has 1 N–H and O–H groups in total. The van der Waals surface area contributed by atoms with Gasteiger partial charge in [-0.1, -0.05) is 13.8 Å². The maximum absolute atomic E-state index is 10.3. The summed E-state index contributed by atoms with van der Waals surface area (Å²) in [6.45, 7) is 6.72. The van der Waals surface area contributed by atoms with Crippen molar-refractivity contribution in [3.05, 3.63) is 16.6 Å². The Morgan fingerprint density at radius 2 is 2.12 bits per heavy atom. The molecule has 92 valence electrons. The molecule has 3 nitrogen and oxygen atoms in total. The first kappa shape index (κ1) is 13.6. The van der Waals surface area contributed by atoms with Gasteiger partial charge in [0.05, 0.1) is 16.7 Å². The molecule has 0 fully saturated rings. The Morgan fingerprint density at radius 3 is 2.56 bits per heavy atom. The predicted octanol–water partition coefficient (Wildman–Crippen LogP) is 2.64. The Hall–Kier alpha value is -0.450. The molecule has 0 saturated heterocycles. The molecule has 0 aromatic carbocycles. The summed E-state index contributed by atoms with van der Waals surface area (Å²) in [5.41, 5.74) is -0.416. The van der Waals surface area contributed by atoms with E-state index in [2.05, 4.69) is 18.8 Å². The number of ether oxygens (including phenoxy) is 1. The SMILES string of the molecule is CCOC(CC)(CC)C(O)Cc1nccs1. The minimum absolute atomic E-state index is 0.416. The summed E-state index contributed by atoms with van der Waals surface area (Å²) in [5.74, 6) is 0. The Labute approximate surface area is 101 Å². The van der Waals surface area contributed by atoms with E-state index in [1.807, 2.05) is 12.3 Å². The standard InChI is InChI=1S/C12H21NO2S/c1-4-12(5-2,15-6-3)10(14)9-11-13-7-8-16-11/h7-8,10,14H,4-6,9H2,1-3H3. The van der Waals surface area contributed by atoms with Crippen molar-refractivity contribution >= 4 is 11.3 Å². The average Bonchev–Trinajstić information content (AvgIpc) is 2.78. The van der Waals surface area contributed by atoms with Crippen LogP contribution in [0.15, 0.2) is 11.6 Å². The summed E-state index contributed by atoms with van der Waals surface area (Å²) in [6.07, 6.45) is 3.52. The van der Waals surface area contributed by atoms with Crippen molar-refractivity contribution in [3.8, 4) is 0 Å². The maximum Gasteiger partial charge on any atom is 0.0951 e. The fourth-order valence-electron chi connectivity index (χ4n) is 2.01. The van der Waals surface area contributed by atoms with E-state index in [0.29, 0.717) is 13.0 Å². The van der Waals surface area contributed by atoms with Gasteiger partial charge >= 0.3 is 0 Å². The monoisotopic (exact) mass is 243 g/mol. The van der Waals surface area contributed by atoms with E-state index < -0.39 is 11.7 Å². The van der Waals surface area contributed by atoms with Gasteiger partial charge in [0.1, 0.15) is 0 Å². The lowest BCUT2D eigenvalue weighted by molar-refractivity contribution is -0.124. The number of nitrogens with zero attached hydrogens (tertiary/aromatic N) is 1. The lowest BCUT2D eigenvalue weighted by Gasteiger charge is -2.36. The van der Waals surface area contributed by atoms with Gasteiger partial charge in [-0.3, -0.25) is 0 Å². The van der Waals surface area contributed by atoms with Crippen molar-refractivity contribution in [2.75, 3.05) is 6.61 Å². The number of aromatic nitrogens is 1. The van der Waals surface area contributed by atoms with E-state index in [1.54, 1.807) is 17.5 Å². The predicted molar refractivity (Wildman–Crippen MR) is 66.8 cm³/mol. The van der Waals surface area contributed by atoms with Gasteiger partial charge in [0.2, 0.25) is 0 Å². The number of hydrogen-bond donors (Lipinski definition) is 1. The highest BCUT2D eigenvalue weighted by Crippen LogP contribution is 2.27. The van der Waals surface area contributed by atoms with Crippen LogP contribution in [-0.2, 0) is 11.2 Å². The van der Waals surface area contributed by atoms with Crippen molar-refractivity contribution in [2.45, 2.75) is 51.7 Å². The molecule has 1 rings (SSSR count). The third-order valence-electron chi connectivity index (χ3n) is 3.09. The normalized spacial score (nSPS) is 14.0. The second-order valence-electron chi connectivity index (χ2n) is 3.85. The smallest absolute Gasteiger partial charge is 0.0951 e. The minimum Gasteiger partial charge on any atom is -0.390 e. The van der Waals surface area contributed by atoms with Crippen LogP contribution in [0.1, 0.15) is 38.6 Å². The molecule has 1 atom stereocenters. The van der Waals surface area contributed by atoms with Crippen LogP contribution in [0.25, 0.3) is 0 Å². The molecule has 0 aliphatic heterocycles. The van der Waals surface area contributed by atoms with E-state index in [-0.39, 0.29) is 0 Å². The molecule has 0 amide bonds. The Balaban J connectivity index is 2.70. The van der Waals surface area contributed by atoms with E-state index in [1.165, 1.54) is 0 Å². The van der Waals surface area contributed by atoms with Crippen LogP contribution in [0.4, 0.5) is 0 Å². The molecule has 0 spiro atoms. The Kier molecular flexibility index (Phi) is 5.38. The van der Waals surface area contributed by atoms with E-state index in [0.717, 1.165) is 17.8 Å². The molecule has 0 saturated carbocycles. The van der Waals surface area contributed by atoms with Crippen LogP contribution in [0.3, 0.4) is 0 Å². The largest absolute Gasteiger partial charge is 0.390 e. The first-order chi connectivity index (χ1) is 7.68. The molecular weight excluding hydrogens is 222 g/mol. The van der Waals surface area contributed by atoms with Crippen LogP contribution in [0.2, 0.25) is 0 Å². The van der Waals surface area contributed by atoms with Gasteiger partial charge in [-0.05, 0) is 19.8 Å². The lowest BCUT2D eigenvalue weighted by atomic mass is 9.88. The zero-order valence-corrected chi connectivity index (χ0v) is 11.1. The van der Waals surface area contributed by atoms with E-state index in [4.69, 9.17) is 4.74 Å². The average molecular weight is 243 g/mol. The summed E-state index contributed by atoms with van der Waals surface area (Å²) >= 11 is 1.58. The van der Waals surface area contributed by atoms with Crippen LogP contribution >= 0.6 is 11.3 Å². The van der Waals surface area contributed by atoms with Crippen molar-refractivity contribution in [3.63, 3.8) is 0 Å². The molecule has 16 heavy (non-hydrogen) atoms. The van der Waals surface area contributed by atoms with Crippen LogP contribution in [0.5, 0.6) is 0 Å². The molecule has 1 heterocycles. The maximum atomic E-state index is 10.3. The molecule has 0 aliphatic carbocycles. The van der Waals surface area contributed by atoms with Crippen molar-refractivity contribution in [1.29, 1.82) is 0 Å². The number of thiazole rings is 1. The number of aliphatic hydroxyl groups excluding tert-OH is 1. The summed E-state index contributed by atoms with van der Waals surface area (Å²) in [4.78, 5) is 4.20. The molecule has 0 bridgehead atoms. The van der Waals surface area contributed by atoms with Gasteiger partial charge in [-0.2, -0.15) is 0 Å². The fraction of sp³-hybridized carbons (Fsp3) is 0.750. The topological polar surface area (TPSA) is 42.4 Å². The van der Waals surface area contributed by atoms with Gasteiger partial charge in [0, 0.05) is 24.6 Å². The third-order valence-corrected chi connectivity index (χ3v) is 3.89. The molecule has 1 aromatic heterocycles. The Morgan fingerprint density at radius 1 is 1.44 bits per heavy atom. The second-order valence-corrected chi connectivity index (χ2v) is 4.83. The van der Waals surface area contributed by atoms with Crippen molar-refractivity contribution in [2.24, 2.45) is 0 Å². The molecular formula is C12H21NO2S. The van der Waals surface area contributed by atoms with Crippen LogP contribution in [-0.4, -0.2) is 28.4 Å². The summed E-state index contributed by atoms with van der Waals surface area (Å²) < 4.78 is 5.77. The molecule has 0 radical (unpaired) electrons. The fourth-order valence-corrected chi connectivity index (χ4v) is 2.67. The summed E-state index contributed by atoms with van der Waals surface area (Å²) in [7, 11) is 0. The first-order valence-corrected chi connectivity index (χ1v) is 6.76. The van der Waals surface area contributed by atoms with Gasteiger partial charge in [0.25, 0.3) is 0 Å². The highest BCUT2D eigenvalue weighted by atomic mass is 32.1. The third kappa shape index (κ3) is 3.03. The Bertz CT molecular complexity index is 283. The molecule has 1 unspecified atom stereocenters. The molecule has 0 aliphatic rings. The number of hydrogen-bond acceptors (Lipinski definition) is 4. The van der Waals surface area contributed by atoms with Crippen LogP contribution in [0, 0.1) is 0 Å². The quantitative estimate of drug-likeness (QED) is 0.800. The first-order valence-electron chi connectivity index (χ1n) is 5.88. The minimum atomic E-state index is -0.478. The zero-order valence-electron chi connectivity index (χ0n) is 10.3. The molecule has 4 heteroatoms. The van der Waals surface area contributed by atoms with Crippen molar-refractivity contribution in [1.82, 2.24) is 4.98 Å². The van der Waals surface area contributed by atoms with Gasteiger partial charge in [-0.15, -0.1) is 11.3 Å². The summed E-state index contributed by atoms with van der Waals surface area (Å²) in [6, 6.07) is 0. The second kappa shape index (κ2) is 6.33. The number of aliphatic hydroxyl groups is 1. The number of rotatable bonds is 7. The lowest BCUT2D eigenvalue weighted by Crippen LogP contribution is -2.45. The highest BCUT2D eigenvalue weighted by Gasteiger charge is 2.35. The highest BCUT2D eigenvalue weighted by molar-refractivity contribution is 7.09. The van der Waals surface area contributed by atoms with Gasteiger partial charge < -0.3 is 9.84 Å². The van der Waals surface area contributed by atoms with E-state index >= 15 is 0 Å².